The molecule has 0 spiro atoms. The molecule has 0 fully saturated rings. The molecule has 1 amide bonds. The first-order valence-electron chi connectivity index (χ1n) is 8.20. The van der Waals surface area contributed by atoms with E-state index < -0.39 is 0 Å². The predicted octanol–water partition coefficient (Wildman–Crippen LogP) is 4.47. The summed E-state index contributed by atoms with van der Waals surface area (Å²) in [4.78, 5) is 15.0. The standard InChI is InChI=1S/C18H30N2O/c1-6-9-12-20(15(5)7-2)18(21)16-13-14(4)10-11-17(16)19-8-3/h10-11,13,15,19H,6-9,12H2,1-5H3. The number of hydrogen-bond acceptors (Lipinski definition) is 2. The van der Waals surface area contributed by atoms with Crippen LogP contribution in [0, 0.1) is 6.92 Å². The molecule has 0 aliphatic rings. The molecular formula is C18H30N2O. The number of carbonyl (C=O) groups is 1. The molecule has 0 heterocycles. The Bertz CT molecular complexity index is 457. The number of hydrogen-bond donors (Lipinski definition) is 1. The maximum Gasteiger partial charge on any atom is 0.256 e. The highest BCUT2D eigenvalue weighted by atomic mass is 16.2. The van der Waals surface area contributed by atoms with E-state index in [9.17, 15) is 4.79 Å². The molecule has 0 saturated carbocycles. The molecular weight excluding hydrogens is 260 g/mol. The molecule has 1 N–H and O–H groups in total. The van der Waals surface area contributed by atoms with E-state index in [0.29, 0.717) is 0 Å². The van der Waals surface area contributed by atoms with Gasteiger partial charge in [-0.25, -0.2) is 0 Å². The molecule has 0 aliphatic heterocycles. The zero-order valence-electron chi connectivity index (χ0n) is 14.2. The van der Waals surface area contributed by atoms with E-state index in [0.717, 1.165) is 49.2 Å². The van der Waals surface area contributed by atoms with Gasteiger partial charge < -0.3 is 10.2 Å². The highest BCUT2D eigenvalue weighted by molar-refractivity contribution is 6.00. The maximum atomic E-state index is 13.0. The van der Waals surface area contributed by atoms with Crippen LogP contribution in [0.15, 0.2) is 18.2 Å². The first-order chi connectivity index (χ1) is 10.0. The molecule has 1 rings (SSSR count). The Balaban J connectivity index is 3.09. The molecule has 0 radical (unpaired) electrons. The Hall–Kier alpha value is -1.51. The first kappa shape index (κ1) is 17.5. The normalized spacial score (nSPS) is 12.0. The van der Waals surface area contributed by atoms with Crippen LogP contribution < -0.4 is 5.32 Å². The second kappa shape index (κ2) is 8.71. The quantitative estimate of drug-likeness (QED) is 0.766. The topological polar surface area (TPSA) is 32.3 Å². The van der Waals surface area contributed by atoms with Crippen LogP contribution in [0.5, 0.6) is 0 Å². The number of nitrogens with one attached hydrogen (secondary N) is 1. The van der Waals surface area contributed by atoms with E-state index in [2.05, 4.69) is 39.1 Å². The fourth-order valence-electron chi connectivity index (χ4n) is 2.41. The van der Waals surface area contributed by atoms with Gasteiger partial charge in [-0.15, -0.1) is 0 Å². The van der Waals surface area contributed by atoms with E-state index in [1.165, 1.54) is 0 Å². The van der Waals surface area contributed by atoms with Crippen molar-refractivity contribution < 1.29 is 4.79 Å². The predicted molar refractivity (Wildman–Crippen MR) is 91.0 cm³/mol. The molecule has 21 heavy (non-hydrogen) atoms. The van der Waals surface area contributed by atoms with Gasteiger partial charge in [0.15, 0.2) is 0 Å². The summed E-state index contributed by atoms with van der Waals surface area (Å²) in [6.07, 6.45) is 3.14. The third-order valence-corrected chi connectivity index (χ3v) is 3.91. The van der Waals surface area contributed by atoms with Crippen LogP contribution in [0.3, 0.4) is 0 Å². The lowest BCUT2D eigenvalue weighted by Gasteiger charge is -2.29. The summed E-state index contributed by atoms with van der Waals surface area (Å²) >= 11 is 0. The van der Waals surface area contributed by atoms with Gasteiger partial charge in [0.1, 0.15) is 0 Å². The third-order valence-electron chi connectivity index (χ3n) is 3.91. The fourth-order valence-corrected chi connectivity index (χ4v) is 2.41. The molecule has 0 bridgehead atoms. The monoisotopic (exact) mass is 290 g/mol. The summed E-state index contributed by atoms with van der Waals surface area (Å²) in [5.74, 6) is 0.150. The SMILES string of the molecule is CCCCN(C(=O)c1cc(C)ccc1NCC)C(C)CC. The average Bonchev–Trinajstić information content (AvgIpc) is 2.49. The number of rotatable bonds is 8. The van der Waals surface area contributed by atoms with Crippen LogP contribution in [0.4, 0.5) is 5.69 Å². The fraction of sp³-hybridized carbons (Fsp3) is 0.611. The van der Waals surface area contributed by atoms with Crippen molar-refractivity contribution in [2.75, 3.05) is 18.4 Å². The first-order valence-corrected chi connectivity index (χ1v) is 8.20. The van der Waals surface area contributed by atoms with Gasteiger partial charge in [0, 0.05) is 24.8 Å². The van der Waals surface area contributed by atoms with Gasteiger partial charge >= 0.3 is 0 Å². The van der Waals surface area contributed by atoms with Gasteiger partial charge in [-0.2, -0.15) is 0 Å². The van der Waals surface area contributed by atoms with Crippen LogP contribution in [-0.2, 0) is 0 Å². The number of carbonyl (C=O) groups excluding carboxylic acids is 1. The van der Waals surface area contributed by atoms with E-state index in [-0.39, 0.29) is 11.9 Å². The third kappa shape index (κ3) is 4.76. The van der Waals surface area contributed by atoms with Crippen LogP contribution in [-0.4, -0.2) is 29.9 Å². The zero-order valence-corrected chi connectivity index (χ0v) is 14.2. The van der Waals surface area contributed by atoms with Crippen molar-refractivity contribution in [3.8, 4) is 0 Å². The lowest BCUT2D eigenvalue weighted by molar-refractivity contribution is 0.0686. The smallest absolute Gasteiger partial charge is 0.256 e. The van der Waals surface area contributed by atoms with E-state index in [1.54, 1.807) is 0 Å². The van der Waals surface area contributed by atoms with Crippen molar-refractivity contribution in [2.45, 2.75) is 59.9 Å². The number of nitrogens with zero attached hydrogens (tertiary/aromatic N) is 1. The van der Waals surface area contributed by atoms with Crippen LogP contribution >= 0.6 is 0 Å². The van der Waals surface area contributed by atoms with Gasteiger partial charge in [0.05, 0.1) is 5.56 Å². The Labute approximate surface area is 129 Å². The van der Waals surface area contributed by atoms with Crippen molar-refractivity contribution in [1.82, 2.24) is 4.90 Å². The largest absolute Gasteiger partial charge is 0.385 e. The summed E-state index contributed by atoms with van der Waals surface area (Å²) in [5, 5.41) is 3.30. The number of anilines is 1. The van der Waals surface area contributed by atoms with Gasteiger partial charge in [-0.1, -0.05) is 31.9 Å². The Morgan fingerprint density at radius 3 is 2.57 bits per heavy atom. The molecule has 3 heteroatoms. The zero-order chi connectivity index (χ0) is 15.8. The molecule has 1 unspecified atom stereocenters. The van der Waals surface area contributed by atoms with Gasteiger partial charge in [0.25, 0.3) is 5.91 Å². The van der Waals surface area contributed by atoms with Crippen molar-refractivity contribution >= 4 is 11.6 Å². The minimum Gasteiger partial charge on any atom is -0.385 e. The van der Waals surface area contributed by atoms with Crippen molar-refractivity contribution in [3.05, 3.63) is 29.3 Å². The number of unbranched alkanes of at least 4 members (excludes halogenated alkanes) is 1. The van der Waals surface area contributed by atoms with E-state index in [1.807, 2.05) is 24.0 Å². The lowest BCUT2D eigenvalue weighted by atomic mass is 10.1. The van der Waals surface area contributed by atoms with Gasteiger partial charge in [0.2, 0.25) is 0 Å². The molecule has 1 aromatic rings. The summed E-state index contributed by atoms with van der Waals surface area (Å²) in [6, 6.07) is 6.34. The van der Waals surface area contributed by atoms with Crippen LogP contribution in [0.25, 0.3) is 0 Å². The van der Waals surface area contributed by atoms with Gasteiger partial charge in [-0.3, -0.25) is 4.79 Å². The van der Waals surface area contributed by atoms with Crippen LogP contribution in [0.1, 0.15) is 62.9 Å². The summed E-state index contributed by atoms with van der Waals surface area (Å²) in [5.41, 5.74) is 2.87. The van der Waals surface area contributed by atoms with E-state index >= 15 is 0 Å². The molecule has 3 nitrogen and oxygen atoms in total. The summed E-state index contributed by atoms with van der Waals surface area (Å²) in [7, 11) is 0. The van der Waals surface area contributed by atoms with Crippen molar-refractivity contribution in [2.24, 2.45) is 0 Å². The average molecular weight is 290 g/mol. The second-order valence-electron chi connectivity index (χ2n) is 5.69. The lowest BCUT2D eigenvalue weighted by Crippen LogP contribution is -2.39. The highest BCUT2D eigenvalue weighted by Crippen LogP contribution is 2.21. The molecule has 1 atom stereocenters. The minimum absolute atomic E-state index is 0.150. The summed E-state index contributed by atoms with van der Waals surface area (Å²) < 4.78 is 0. The molecule has 0 aliphatic carbocycles. The molecule has 0 saturated heterocycles. The Morgan fingerprint density at radius 2 is 2.00 bits per heavy atom. The van der Waals surface area contributed by atoms with Crippen molar-refractivity contribution in [1.29, 1.82) is 0 Å². The number of aryl methyl sites for hydroxylation is 1. The number of benzene rings is 1. The second-order valence-corrected chi connectivity index (χ2v) is 5.69. The molecule has 0 aromatic heterocycles. The highest BCUT2D eigenvalue weighted by Gasteiger charge is 2.22. The van der Waals surface area contributed by atoms with Gasteiger partial charge in [-0.05, 0) is 45.7 Å². The summed E-state index contributed by atoms with van der Waals surface area (Å²) in [6.45, 7) is 12.2. The van der Waals surface area contributed by atoms with Crippen molar-refractivity contribution in [3.63, 3.8) is 0 Å². The maximum absolute atomic E-state index is 13.0. The Kier molecular flexibility index (Phi) is 7.27. The Morgan fingerprint density at radius 1 is 1.29 bits per heavy atom. The number of amides is 1. The van der Waals surface area contributed by atoms with Crippen LogP contribution in [0.2, 0.25) is 0 Å². The van der Waals surface area contributed by atoms with E-state index in [4.69, 9.17) is 0 Å². The molecule has 1 aromatic carbocycles. The minimum atomic E-state index is 0.150. The molecule has 118 valence electrons.